The van der Waals surface area contributed by atoms with Crippen LogP contribution in [0.5, 0.6) is 0 Å². The Morgan fingerprint density at radius 1 is 1.19 bits per heavy atom. The fourth-order valence-electron chi connectivity index (χ4n) is 3.12. The molecule has 0 unspecified atom stereocenters. The molecule has 27 heavy (non-hydrogen) atoms. The highest BCUT2D eigenvalue weighted by molar-refractivity contribution is 8.00. The molecule has 1 amide bonds. The molecule has 0 fully saturated rings. The molecular weight excluding hydrogens is 418 g/mol. The van der Waals surface area contributed by atoms with E-state index in [1.807, 2.05) is 30.8 Å². The minimum atomic E-state index is -0.0820. The van der Waals surface area contributed by atoms with Crippen molar-refractivity contribution in [1.82, 2.24) is 9.97 Å². The van der Waals surface area contributed by atoms with Crippen molar-refractivity contribution in [2.24, 2.45) is 0 Å². The molecule has 4 nitrogen and oxygen atoms in total. The molecule has 4 rings (SSSR count). The van der Waals surface area contributed by atoms with Crippen molar-refractivity contribution in [1.29, 1.82) is 0 Å². The van der Waals surface area contributed by atoms with Gasteiger partial charge in [-0.15, -0.1) is 23.1 Å². The maximum absolute atomic E-state index is 13.0. The summed E-state index contributed by atoms with van der Waals surface area (Å²) in [5.74, 6) is -0.0820. The minimum Gasteiger partial charge on any atom is -0.321 e. The predicted molar refractivity (Wildman–Crippen MR) is 116 cm³/mol. The smallest absolute Gasteiger partial charge is 0.266 e. The van der Waals surface area contributed by atoms with Gasteiger partial charge < -0.3 is 5.32 Å². The molecule has 3 aromatic rings. The Morgan fingerprint density at radius 3 is 2.67 bits per heavy atom. The number of nitrogens with one attached hydrogen (secondary N) is 1. The van der Waals surface area contributed by atoms with E-state index < -0.39 is 0 Å². The number of aryl methyl sites for hydroxylation is 1. The van der Waals surface area contributed by atoms with Crippen LogP contribution in [0.25, 0.3) is 11.3 Å². The lowest BCUT2D eigenvalue weighted by Gasteiger charge is -2.17. The molecule has 0 spiro atoms. The van der Waals surface area contributed by atoms with Crippen LogP contribution in [0.3, 0.4) is 0 Å². The summed E-state index contributed by atoms with van der Waals surface area (Å²) in [6, 6.07) is 7.16. The standard InChI is InChI=1S/C19H16ClN3OS3/c1-25-18-14-13(8-3-10-9-21-19(26-2)23-15(10)14)16(27-18)17(24)22-12-6-4-11(20)5-7-12/h4-7,9H,3,8H2,1-2H3,(H,22,24). The summed E-state index contributed by atoms with van der Waals surface area (Å²) in [7, 11) is 0. The quantitative estimate of drug-likeness (QED) is 0.425. The van der Waals surface area contributed by atoms with Crippen LogP contribution >= 0.6 is 46.5 Å². The summed E-state index contributed by atoms with van der Waals surface area (Å²) in [6.45, 7) is 0. The summed E-state index contributed by atoms with van der Waals surface area (Å²) in [5, 5.41) is 4.39. The topological polar surface area (TPSA) is 54.9 Å². The van der Waals surface area contributed by atoms with Crippen molar-refractivity contribution in [3.05, 3.63) is 51.5 Å². The molecule has 0 saturated heterocycles. The number of thioether (sulfide) groups is 2. The average molecular weight is 434 g/mol. The van der Waals surface area contributed by atoms with E-state index in [2.05, 4.69) is 10.3 Å². The molecule has 1 N–H and O–H groups in total. The number of anilines is 1. The average Bonchev–Trinajstić information content (AvgIpc) is 3.08. The third-order valence-electron chi connectivity index (χ3n) is 4.37. The SMILES string of the molecule is CSc1ncc2c(n1)-c1c(SC)sc(C(=O)Nc3ccc(Cl)cc3)c1CC2. The minimum absolute atomic E-state index is 0.0820. The summed E-state index contributed by atoms with van der Waals surface area (Å²) >= 11 is 10.7. The number of thiophene rings is 1. The molecule has 2 heterocycles. The van der Waals surface area contributed by atoms with Gasteiger partial charge in [0.25, 0.3) is 5.91 Å². The first kappa shape index (κ1) is 18.8. The zero-order valence-corrected chi connectivity index (χ0v) is 17.9. The van der Waals surface area contributed by atoms with Crippen molar-refractivity contribution in [3.8, 4) is 11.3 Å². The molecule has 8 heteroatoms. The number of nitrogens with zero attached hydrogens (tertiary/aromatic N) is 2. The van der Waals surface area contributed by atoms with Gasteiger partial charge in [0.15, 0.2) is 5.16 Å². The van der Waals surface area contributed by atoms with Crippen LogP contribution in [0, 0.1) is 0 Å². The Morgan fingerprint density at radius 2 is 1.96 bits per heavy atom. The van der Waals surface area contributed by atoms with E-state index in [9.17, 15) is 4.79 Å². The number of carbonyl (C=O) groups excluding carboxylic acids is 1. The van der Waals surface area contributed by atoms with Crippen molar-refractivity contribution < 1.29 is 4.79 Å². The Balaban J connectivity index is 1.75. The van der Waals surface area contributed by atoms with Crippen molar-refractivity contribution in [3.63, 3.8) is 0 Å². The summed E-state index contributed by atoms with van der Waals surface area (Å²) in [4.78, 5) is 22.9. The molecular formula is C19H16ClN3OS3. The molecule has 138 valence electrons. The number of carbonyl (C=O) groups is 1. The van der Waals surface area contributed by atoms with E-state index in [1.165, 1.54) is 11.8 Å². The second-order valence-electron chi connectivity index (χ2n) is 5.97. The van der Waals surface area contributed by atoms with E-state index in [0.29, 0.717) is 5.02 Å². The first-order valence-corrected chi connectivity index (χ1v) is 11.9. The third-order valence-corrected chi connectivity index (χ3v) is 7.54. The Hall–Kier alpha value is -1.54. The van der Waals surface area contributed by atoms with E-state index in [0.717, 1.165) is 55.2 Å². The van der Waals surface area contributed by atoms with Crippen LogP contribution in [-0.4, -0.2) is 28.4 Å². The van der Waals surface area contributed by atoms with Gasteiger partial charge in [0, 0.05) is 22.5 Å². The van der Waals surface area contributed by atoms with Gasteiger partial charge >= 0.3 is 0 Å². The molecule has 0 radical (unpaired) electrons. The zero-order valence-electron chi connectivity index (χ0n) is 14.7. The van der Waals surface area contributed by atoms with Gasteiger partial charge in [0.1, 0.15) is 0 Å². The third kappa shape index (κ3) is 3.61. The summed E-state index contributed by atoms with van der Waals surface area (Å²) in [5.41, 5.74) is 5.06. The number of hydrogen-bond acceptors (Lipinski definition) is 6. The molecule has 0 bridgehead atoms. The first-order chi connectivity index (χ1) is 13.1. The largest absolute Gasteiger partial charge is 0.321 e. The van der Waals surface area contributed by atoms with E-state index in [-0.39, 0.29) is 5.91 Å². The molecule has 0 atom stereocenters. The highest BCUT2D eigenvalue weighted by Crippen LogP contribution is 2.45. The fourth-order valence-corrected chi connectivity index (χ4v) is 5.57. The van der Waals surface area contributed by atoms with Gasteiger partial charge in [-0.1, -0.05) is 23.4 Å². The van der Waals surface area contributed by atoms with Crippen LogP contribution in [-0.2, 0) is 12.8 Å². The van der Waals surface area contributed by atoms with Crippen molar-refractivity contribution in [2.75, 3.05) is 17.8 Å². The molecule has 1 aliphatic carbocycles. The Bertz CT molecular complexity index is 1020. The second-order valence-corrected chi connectivity index (χ2v) is 9.27. The number of halogens is 1. The maximum Gasteiger partial charge on any atom is 0.266 e. The van der Waals surface area contributed by atoms with Crippen LogP contribution in [0.2, 0.25) is 5.02 Å². The highest BCUT2D eigenvalue weighted by atomic mass is 35.5. The fraction of sp³-hybridized carbons (Fsp3) is 0.211. The van der Waals surface area contributed by atoms with Crippen LogP contribution in [0.1, 0.15) is 20.8 Å². The second kappa shape index (κ2) is 7.83. The molecule has 0 saturated carbocycles. The predicted octanol–water partition coefficient (Wildman–Crippen LogP) is 5.65. The molecule has 1 aromatic carbocycles. The summed E-state index contributed by atoms with van der Waals surface area (Å²) in [6.07, 6.45) is 7.61. The van der Waals surface area contributed by atoms with Gasteiger partial charge in [0.2, 0.25) is 0 Å². The number of fused-ring (bicyclic) bond motifs is 3. The van der Waals surface area contributed by atoms with Crippen LogP contribution in [0.15, 0.2) is 39.8 Å². The van der Waals surface area contributed by atoms with E-state index >= 15 is 0 Å². The monoisotopic (exact) mass is 433 g/mol. The van der Waals surface area contributed by atoms with Gasteiger partial charge in [0.05, 0.1) is 14.8 Å². The lowest BCUT2D eigenvalue weighted by atomic mass is 9.91. The number of amides is 1. The van der Waals surface area contributed by atoms with Gasteiger partial charge in [-0.05, 0) is 60.7 Å². The zero-order chi connectivity index (χ0) is 19.0. The van der Waals surface area contributed by atoms with Gasteiger partial charge in [-0.2, -0.15) is 0 Å². The molecule has 1 aliphatic rings. The molecule has 2 aromatic heterocycles. The first-order valence-electron chi connectivity index (χ1n) is 8.27. The number of aromatic nitrogens is 2. The normalized spacial score (nSPS) is 12.4. The van der Waals surface area contributed by atoms with Gasteiger partial charge in [-0.3, -0.25) is 4.79 Å². The lowest BCUT2D eigenvalue weighted by Crippen LogP contribution is -2.14. The summed E-state index contributed by atoms with van der Waals surface area (Å²) < 4.78 is 1.12. The van der Waals surface area contributed by atoms with Crippen molar-refractivity contribution in [2.45, 2.75) is 22.2 Å². The maximum atomic E-state index is 13.0. The van der Waals surface area contributed by atoms with E-state index in [1.54, 1.807) is 35.2 Å². The van der Waals surface area contributed by atoms with Crippen LogP contribution in [0.4, 0.5) is 5.69 Å². The van der Waals surface area contributed by atoms with Crippen molar-refractivity contribution >= 4 is 58.1 Å². The highest BCUT2D eigenvalue weighted by Gasteiger charge is 2.29. The molecule has 0 aliphatic heterocycles. The van der Waals surface area contributed by atoms with Crippen LogP contribution < -0.4 is 5.32 Å². The number of hydrogen-bond donors (Lipinski definition) is 1. The number of benzene rings is 1. The lowest BCUT2D eigenvalue weighted by molar-refractivity contribution is 0.102. The Kier molecular flexibility index (Phi) is 5.45. The van der Waals surface area contributed by atoms with E-state index in [4.69, 9.17) is 16.6 Å². The Labute approximate surface area is 175 Å². The number of rotatable bonds is 4. The van der Waals surface area contributed by atoms with Gasteiger partial charge in [-0.25, -0.2) is 9.97 Å².